The highest BCUT2D eigenvalue weighted by Gasteiger charge is 2.32. The van der Waals surface area contributed by atoms with Crippen molar-refractivity contribution < 1.29 is 4.92 Å². The summed E-state index contributed by atoms with van der Waals surface area (Å²) in [5.74, 6) is 0.644. The topological polar surface area (TPSA) is 58.4 Å². The molecular formula is C16H25Cl2N3O2. The van der Waals surface area contributed by atoms with Crippen LogP contribution in [0.25, 0.3) is 0 Å². The SMILES string of the molecule is Cl.Cl.O=[N+]([O-])c1cccc([C@H](C2CCCC2)N2CCNCC2)c1. The van der Waals surface area contributed by atoms with Gasteiger partial charge >= 0.3 is 0 Å². The Morgan fingerprint density at radius 3 is 2.43 bits per heavy atom. The fourth-order valence-electron chi connectivity index (χ4n) is 3.84. The third kappa shape index (κ3) is 4.80. The summed E-state index contributed by atoms with van der Waals surface area (Å²) in [5.41, 5.74) is 1.34. The van der Waals surface area contributed by atoms with Gasteiger partial charge < -0.3 is 5.32 Å². The van der Waals surface area contributed by atoms with E-state index in [1.807, 2.05) is 6.07 Å². The van der Waals surface area contributed by atoms with Crippen LogP contribution in [0, 0.1) is 16.0 Å². The normalized spacial score (nSPS) is 20.3. The van der Waals surface area contributed by atoms with E-state index in [0.717, 1.165) is 31.7 Å². The van der Waals surface area contributed by atoms with Crippen molar-refractivity contribution in [1.29, 1.82) is 0 Å². The van der Waals surface area contributed by atoms with Gasteiger partial charge in [-0.25, -0.2) is 0 Å². The average Bonchev–Trinajstić information content (AvgIpc) is 3.03. The molecule has 0 unspecified atom stereocenters. The Morgan fingerprint density at radius 2 is 1.83 bits per heavy atom. The summed E-state index contributed by atoms with van der Waals surface area (Å²) in [7, 11) is 0. The summed E-state index contributed by atoms with van der Waals surface area (Å²) < 4.78 is 0. The number of piperazine rings is 1. The van der Waals surface area contributed by atoms with Crippen molar-refractivity contribution >= 4 is 30.5 Å². The fourth-order valence-corrected chi connectivity index (χ4v) is 3.84. The maximum Gasteiger partial charge on any atom is 0.269 e. The van der Waals surface area contributed by atoms with E-state index >= 15 is 0 Å². The summed E-state index contributed by atoms with van der Waals surface area (Å²) in [6.45, 7) is 4.09. The van der Waals surface area contributed by atoms with Crippen LogP contribution in [0.2, 0.25) is 0 Å². The van der Waals surface area contributed by atoms with Gasteiger partial charge in [-0.1, -0.05) is 25.0 Å². The van der Waals surface area contributed by atoms with E-state index in [0.29, 0.717) is 12.0 Å². The highest BCUT2D eigenvalue weighted by Crippen LogP contribution is 2.40. The molecule has 1 saturated heterocycles. The molecule has 3 rings (SSSR count). The molecule has 0 amide bonds. The minimum atomic E-state index is -0.285. The predicted octanol–water partition coefficient (Wildman–Crippen LogP) is 3.57. The molecule has 1 aliphatic heterocycles. The van der Waals surface area contributed by atoms with Gasteiger partial charge in [-0.05, 0) is 24.3 Å². The minimum Gasteiger partial charge on any atom is -0.314 e. The predicted molar refractivity (Wildman–Crippen MR) is 96.7 cm³/mol. The number of halogens is 2. The van der Waals surface area contributed by atoms with Gasteiger partial charge in [0.25, 0.3) is 5.69 Å². The van der Waals surface area contributed by atoms with Crippen LogP contribution < -0.4 is 5.32 Å². The molecule has 5 nitrogen and oxygen atoms in total. The maximum atomic E-state index is 11.1. The van der Waals surface area contributed by atoms with Crippen molar-refractivity contribution in [1.82, 2.24) is 10.2 Å². The van der Waals surface area contributed by atoms with Crippen molar-refractivity contribution in [3.05, 3.63) is 39.9 Å². The van der Waals surface area contributed by atoms with E-state index in [1.54, 1.807) is 12.1 Å². The van der Waals surface area contributed by atoms with Gasteiger partial charge in [0.15, 0.2) is 0 Å². The number of nitro groups is 1. The molecule has 1 saturated carbocycles. The smallest absolute Gasteiger partial charge is 0.269 e. The Labute approximate surface area is 149 Å². The number of rotatable bonds is 4. The van der Waals surface area contributed by atoms with Crippen LogP contribution in [-0.4, -0.2) is 36.0 Å². The molecule has 0 radical (unpaired) electrons. The van der Waals surface area contributed by atoms with Crippen molar-refractivity contribution in [3.8, 4) is 0 Å². The number of non-ortho nitro benzene ring substituents is 1. The molecule has 2 aliphatic rings. The van der Waals surface area contributed by atoms with Crippen LogP contribution >= 0.6 is 24.8 Å². The highest BCUT2D eigenvalue weighted by atomic mass is 35.5. The number of hydrogen-bond donors (Lipinski definition) is 1. The Balaban J connectivity index is 0.00000132. The highest BCUT2D eigenvalue weighted by molar-refractivity contribution is 5.85. The van der Waals surface area contributed by atoms with Gasteiger partial charge in [0.2, 0.25) is 0 Å². The summed E-state index contributed by atoms with van der Waals surface area (Å²) in [5, 5.41) is 14.4. The monoisotopic (exact) mass is 361 g/mol. The molecule has 1 aromatic carbocycles. The van der Waals surface area contributed by atoms with Gasteiger partial charge in [-0.15, -0.1) is 24.8 Å². The van der Waals surface area contributed by atoms with Crippen LogP contribution in [0.15, 0.2) is 24.3 Å². The molecule has 1 aromatic rings. The molecule has 0 aromatic heterocycles. The summed E-state index contributed by atoms with van der Waals surface area (Å²) in [6, 6.07) is 7.61. The Kier molecular flexibility index (Phi) is 8.26. The number of nitrogens with one attached hydrogen (secondary N) is 1. The molecule has 1 heterocycles. The Morgan fingerprint density at radius 1 is 1.17 bits per heavy atom. The lowest BCUT2D eigenvalue weighted by atomic mass is 9.89. The first-order chi connectivity index (χ1) is 10.3. The van der Waals surface area contributed by atoms with Gasteiger partial charge in [0.1, 0.15) is 0 Å². The third-order valence-corrected chi connectivity index (χ3v) is 4.81. The second-order valence-electron chi connectivity index (χ2n) is 6.13. The largest absolute Gasteiger partial charge is 0.314 e. The standard InChI is InChI=1S/C16H23N3O2.2ClH/c20-19(21)15-7-3-6-14(12-15)16(13-4-1-2-5-13)18-10-8-17-9-11-18;;/h3,6-7,12-13,16-17H,1-2,4-5,8-11H2;2*1H/t16-;;/m0../s1. The van der Waals surface area contributed by atoms with Crippen LogP contribution in [-0.2, 0) is 0 Å². The third-order valence-electron chi connectivity index (χ3n) is 4.81. The van der Waals surface area contributed by atoms with Gasteiger partial charge in [-0.2, -0.15) is 0 Å². The molecule has 23 heavy (non-hydrogen) atoms. The first kappa shape index (κ1) is 20.2. The van der Waals surface area contributed by atoms with Crippen LogP contribution in [0.4, 0.5) is 5.69 Å². The summed E-state index contributed by atoms with van der Waals surface area (Å²) >= 11 is 0. The molecule has 2 fully saturated rings. The van der Waals surface area contributed by atoms with Gasteiger partial charge in [0.05, 0.1) is 4.92 Å². The summed E-state index contributed by atoms with van der Waals surface area (Å²) in [6.07, 6.45) is 5.08. The zero-order valence-corrected chi connectivity index (χ0v) is 14.8. The first-order valence-electron chi connectivity index (χ1n) is 7.95. The number of benzene rings is 1. The van der Waals surface area contributed by atoms with E-state index in [-0.39, 0.29) is 35.4 Å². The lowest BCUT2D eigenvalue weighted by Gasteiger charge is -2.38. The molecule has 1 atom stereocenters. The molecule has 1 N–H and O–H groups in total. The lowest BCUT2D eigenvalue weighted by molar-refractivity contribution is -0.385. The zero-order chi connectivity index (χ0) is 14.7. The van der Waals surface area contributed by atoms with E-state index in [2.05, 4.69) is 16.3 Å². The molecule has 7 heteroatoms. The van der Waals surface area contributed by atoms with Crippen molar-refractivity contribution in [2.75, 3.05) is 26.2 Å². The molecule has 0 spiro atoms. The van der Waals surface area contributed by atoms with Crippen LogP contribution in [0.5, 0.6) is 0 Å². The second kappa shape index (κ2) is 9.42. The summed E-state index contributed by atoms with van der Waals surface area (Å²) in [4.78, 5) is 13.3. The Bertz CT molecular complexity index is 504. The van der Waals surface area contributed by atoms with Crippen LogP contribution in [0.3, 0.4) is 0 Å². The average molecular weight is 362 g/mol. The molecule has 1 aliphatic carbocycles. The lowest BCUT2D eigenvalue weighted by Crippen LogP contribution is -2.46. The molecule has 0 bridgehead atoms. The molecule has 130 valence electrons. The van der Waals surface area contributed by atoms with Crippen molar-refractivity contribution in [3.63, 3.8) is 0 Å². The Hall–Kier alpha value is -0.880. The maximum absolute atomic E-state index is 11.1. The zero-order valence-electron chi connectivity index (χ0n) is 13.1. The number of nitro benzene ring substituents is 1. The van der Waals surface area contributed by atoms with Crippen molar-refractivity contribution in [2.24, 2.45) is 5.92 Å². The number of nitrogens with zero attached hydrogens (tertiary/aromatic N) is 2. The number of hydrogen-bond acceptors (Lipinski definition) is 4. The van der Waals surface area contributed by atoms with Gasteiger partial charge in [0, 0.05) is 44.4 Å². The fraction of sp³-hybridized carbons (Fsp3) is 0.625. The second-order valence-corrected chi connectivity index (χ2v) is 6.13. The van der Waals surface area contributed by atoms with Gasteiger partial charge in [-0.3, -0.25) is 15.0 Å². The van der Waals surface area contributed by atoms with Crippen molar-refractivity contribution in [2.45, 2.75) is 31.7 Å². The van der Waals surface area contributed by atoms with E-state index in [1.165, 1.54) is 25.7 Å². The first-order valence-corrected chi connectivity index (χ1v) is 7.95. The van der Waals surface area contributed by atoms with E-state index in [9.17, 15) is 10.1 Å². The van der Waals surface area contributed by atoms with Crippen LogP contribution in [0.1, 0.15) is 37.3 Å². The van der Waals surface area contributed by atoms with E-state index in [4.69, 9.17) is 0 Å². The van der Waals surface area contributed by atoms with E-state index < -0.39 is 0 Å². The minimum absolute atomic E-state index is 0. The quantitative estimate of drug-likeness (QED) is 0.657. The molecular weight excluding hydrogens is 337 g/mol.